The van der Waals surface area contributed by atoms with E-state index in [4.69, 9.17) is 11.6 Å². The number of hydrazone groups is 1. The van der Waals surface area contributed by atoms with Gasteiger partial charge in [0.25, 0.3) is 5.91 Å². The van der Waals surface area contributed by atoms with Gasteiger partial charge in [0, 0.05) is 29.2 Å². The number of rotatable bonds is 5. The monoisotopic (exact) mass is 435 g/mol. The van der Waals surface area contributed by atoms with Gasteiger partial charge in [0.05, 0.1) is 10.6 Å². The highest BCUT2D eigenvalue weighted by Gasteiger charge is 2.26. The third-order valence-electron chi connectivity index (χ3n) is 4.72. The molecule has 0 aliphatic carbocycles. The Morgan fingerprint density at radius 2 is 1.86 bits per heavy atom. The van der Waals surface area contributed by atoms with E-state index in [0.29, 0.717) is 29.4 Å². The summed E-state index contributed by atoms with van der Waals surface area (Å²) < 4.78 is 27.1. The predicted octanol–water partition coefficient (Wildman–Crippen LogP) is 3.37. The van der Waals surface area contributed by atoms with Crippen LogP contribution in [0.5, 0.6) is 5.75 Å². The molecule has 1 aliphatic heterocycles. The Labute approximate surface area is 175 Å². The summed E-state index contributed by atoms with van der Waals surface area (Å²) in [6, 6.07) is 10.4. The van der Waals surface area contributed by atoms with Crippen molar-refractivity contribution in [1.82, 2.24) is 9.73 Å². The molecule has 9 heteroatoms. The summed E-state index contributed by atoms with van der Waals surface area (Å²) >= 11 is 5.93. The molecule has 1 amide bonds. The molecule has 0 spiro atoms. The fourth-order valence-corrected chi connectivity index (χ4v) is 4.85. The van der Waals surface area contributed by atoms with Crippen LogP contribution >= 0.6 is 11.6 Å². The van der Waals surface area contributed by atoms with Crippen LogP contribution in [-0.4, -0.2) is 42.5 Å². The van der Waals surface area contributed by atoms with E-state index in [1.165, 1.54) is 40.7 Å². The molecular weight excluding hydrogens is 414 g/mol. The molecule has 1 heterocycles. The maximum atomic E-state index is 12.8. The number of hydrogen-bond donors (Lipinski definition) is 2. The number of carbonyl (C=O) groups excluding carboxylic acids is 1. The molecule has 7 nitrogen and oxygen atoms in total. The van der Waals surface area contributed by atoms with Gasteiger partial charge in [0.15, 0.2) is 0 Å². The molecular formula is C20H22ClN3O4S. The molecule has 0 radical (unpaired) electrons. The smallest absolute Gasteiger partial charge is 0.271 e. The normalized spacial score (nSPS) is 15.9. The molecule has 1 saturated heterocycles. The summed E-state index contributed by atoms with van der Waals surface area (Å²) in [6.07, 6.45) is 2.70. The number of sulfonamides is 1. The number of piperidine rings is 1. The van der Waals surface area contributed by atoms with E-state index in [1.807, 2.05) is 0 Å². The van der Waals surface area contributed by atoms with Crippen molar-refractivity contribution in [2.45, 2.75) is 31.1 Å². The first kappa shape index (κ1) is 21.3. The summed E-state index contributed by atoms with van der Waals surface area (Å²) in [6.45, 7) is 2.60. The van der Waals surface area contributed by atoms with E-state index in [9.17, 15) is 18.3 Å². The fourth-order valence-electron chi connectivity index (χ4n) is 3.11. The summed E-state index contributed by atoms with van der Waals surface area (Å²) in [7, 11) is -3.63. The van der Waals surface area contributed by atoms with Crippen molar-refractivity contribution in [3.05, 3.63) is 58.6 Å². The number of nitrogens with zero attached hydrogens (tertiary/aromatic N) is 2. The Morgan fingerprint density at radius 1 is 1.14 bits per heavy atom. The first-order valence-electron chi connectivity index (χ1n) is 9.23. The zero-order valence-corrected chi connectivity index (χ0v) is 17.5. The van der Waals surface area contributed by atoms with Gasteiger partial charge in [-0.2, -0.15) is 9.41 Å². The summed E-state index contributed by atoms with van der Waals surface area (Å²) in [5.74, 6) is -0.568. The van der Waals surface area contributed by atoms with Gasteiger partial charge in [0.2, 0.25) is 10.0 Å². The second-order valence-corrected chi connectivity index (χ2v) is 9.17. The molecule has 0 atom stereocenters. The number of phenolic OH excluding ortho intramolecular Hbond substituents is 1. The van der Waals surface area contributed by atoms with E-state index in [-0.39, 0.29) is 16.2 Å². The molecule has 0 bridgehead atoms. The SMILES string of the molecule is C/C(=N/NC(=O)c1cccc(S(=O)(=O)N2CCCCC2)c1)c1cc(Cl)ccc1O. The van der Waals surface area contributed by atoms with Crippen LogP contribution in [0.25, 0.3) is 0 Å². The van der Waals surface area contributed by atoms with Crippen molar-refractivity contribution in [2.24, 2.45) is 5.10 Å². The third-order valence-corrected chi connectivity index (χ3v) is 6.85. The molecule has 0 saturated carbocycles. The van der Waals surface area contributed by atoms with Gasteiger partial charge in [-0.3, -0.25) is 4.79 Å². The minimum Gasteiger partial charge on any atom is -0.507 e. The van der Waals surface area contributed by atoms with E-state index in [2.05, 4.69) is 10.5 Å². The molecule has 1 fully saturated rings. The van der Waals surface area contributed by atoms with E-state index in [0.717, 1.165) is 19.3 Å². The quantitative estimate of drug-likeness (QED) is 0.555. The van der Waals surface area contributed by atoms with Crippen LogP contribution in [0.4, 0.5) is 0 Å². The van der Waals surface area contributed by atoms with Gasteiger partial charge in [-0.1, -0.05) is 24.1 Å². The molecule has 2 aromatic rings. The lowest BCUT2D eigenvalue weighted by Crippen LogP contribution is -2.35. The van der Waals surface area contributed by atoms with Crippen LogP contribution in [0.2, 0.25) is 5.02 Å². The highest BCUT2D eigenvalue weighted by atomic mass is 35.5. The molecule has 3 rings (SSSR count). The number of benzene rings is 2. The lowest BCUT2D eigenvalue weighted by molar-refractivity contribution is 0.0954. The molecule has 0 aromatic heterocycles. The highest BCUT2D eigenvalue weighted by molar-refractivity contribution is 7.89. The van der Waals surface area contributed by atoms with Crippen molar-refractivity contribution >= 4 is 33.2 Å². The lowest BCUT2D eigenvalue weighted by Gasteiger charge is -2.25. The number of carbonyl (C=O) groups is 1. The number of nitrogens with one attached hydrogen (secondary N) is 1. The average molecular weight is 436 g/mol. The lowest BCUT2D eigenvalue weighted by atomic mass is 10.1. The average Bonchev–Trinajstić information content (AvgIpc) is 2.74. The largest absolute Gasteiger partial charge is 0.507 e. The van der Waals surface area contributed by atoms with Crippen molar-refractivity contribution in [1.29, 1.82) is 0 Å². The number of aromatic hydroxyl groups is 1. The van der Waals surface area contributed by atoms with Crippen molar-refractivity contribution < 1.29 is 18.3 Å². The number of amides is 1. The van der Waals surface area contributed by atoms with Gasteiger partial charge in [0.1, 0.15) is 5.75 Å². The summed E-state index contributed by atoms with van der Waals surface area (Å²) in [4.78, 5) is 12.6. The Morgan fingerprint density at radius 3 is 2.59 bits per heavy atom. The fraction of sp³-hybridized carbons (Fsp3) is 0.300. The van der Waals surface area contributed by atoms with Crippen molar-refractivity contribution in [3.8, 4) is 5.75 Å². The summed E-state index contributed by atoms with van der Waals surface area (Å²) in [5.41, 5.74) is 3.31. The Hall–Kier alpha value is -2.42. The molecule has 2 N–H and O–H groups in total. The topological polar surface area (TPSA) is 99.1 Å². The molecule has 0 unspecified atom stereocenters. The van der Waals surface area contributed by atoms with Crippen LogP contribution in [0.3, 0.4) is 0 Å². The predicted molar refractivity (Wildman–Crippen MR) is 112 cm³/mol. The minimum absolute atomic E-state index is 0.0143. The van der Waals surface area contributed by atoms with Crippen molar-refractivity contribution in [2.75, 3.05) is 13.1 Å². The maximum Gasteiger partial charge on any atom is 0.271 e. The van der Waals surface area contributed by atoms with Crippen LogP contribution in [0.1, 0.15) is 42.1 Å². The minimum atomic E-state index is -3.63. The van der Waals surface area contributed by atoms with Crippen LogP contribution in [0.15, 0.2) is 52.5 Å². The van der Waals surface area contributed by atoms with Crippen LogP contribution in [0, 0.1) is 0 Å². The van der Waals surface area contributed by atoms with Crippen molar-refractivity contribution in [3.63, 3.8) is 0 Å². The Bertz CT molecular complexity index is 1050. The first-order valence-corrected chi connectivity index (χ1v) is 11.0. The molecule has 2 aromatic carbocycles. The second kappa shape index (κ2) is 8.94. The second-order valence-electron chi connectivity index (χ2n) is 6.79. The van der Waals surface area contributed by atoms with Gasteiger partial charge in [-0.15, -0.1) is 0 Å². The van der Waals surface area contributed by atoms with Crippen LogP contribution in [-0.2, 0) is 10.0 Å². The first-order chi connectivity index (χ1) is 13.8. The zero-order chi connectivity index (χ0) is 21.0. The summed E-state index contributed by atoms with van der Waals surface area (Å²) in [5, 5.41) is 14.3. The highest BCUT2D eigenvalue weighted by Crippen LogP contribution is 2.23. The van der Waals surface area contributed by atoms with Crippen LogP contribution < -0.4 is 5.43 Å². The maximum absolute atomic E-state index is 12.8. The standard InChI is InChI=1S/C20H22ClN3O4S/c1-14(18-13-16(21)8-9-19(18)25)22-23-20(26)15-6-5-7-17(12-15)29(27,28)24-10-3-2-4-11-24/h5-9,12-13,25H,2-4,10-11H2,1H3,(H,23,26)/b22-14-. The molecule has 1 aliphatic rings. The molecule has 29 heavy (non-hydrogen) atoms. The van der Waals surface area contributed by atoms with Gasteiger partial charge in [-0.25, -0.2) is 13.8 Å². The van der Waals surface area contributed by atoms with Gasteiger partial charge in [-0.05, 0) is 56.2 Å². The number of halogens is 1. The number of hydrogen-bond acceptors (Lipinski definition) is 5. The van der Waals surface area contributed by atoms with Gasteiger partial charge < -0.3 is 5.11 Å². The van der Waals surface area contributed by atoms with E-state index >= 15 is 0 Å². The Balaban J connectivity index is 1.78. The molecule has 154 valence electrons. The van der Waals surface area contributed by atoms with Gasteiger partial charge >= 0.3 is 0 Å². The Kier molecular flexibility index (Phi) is 6.56. The van der Waals surface area contributed by atoms with E-state index < -0.39 is 15.9 Å². The third kappa shape index (κ3) is 4.95. The number of phenols is 1. The zero-order valence-electron chi connectivity index (χ0n) is 15.9. The van der Waals surface area contributed by atoms with E-state index in [1.54, 1.807) is 13.0 Å².